The van der Waals surface area contributed by atoms with Crippen LogP contribution in [0.1, 0.15) is 15.9 Å². The number of hydrogen-bond acceptors (Lipinski definition) is 5. The van der Waals surface area contributed by atoms with Crippen LogP contribution in [-0.2, 0) is 4.79 Å². The van der Waals surface area contributed by atoms with E-state index in [4.69, 9.17) is 10.5 Å². The number of aromatic amines is 1. The van der Waals surface area contributed by atoms with Crippen molar-refractivity contribution in [2.75, 3.05) is 12.4 Å². The number of nitrogens with two attached hydrogens (primary N) is 1. The monoisotopic (exact) mass is 287 g/mol. The van der Waals surface area contributed by atoms with Crippen LogP contribution in [0.3, 0.4) is 0 Å². The van der Waals surface area contributed by atoms with E-state index in [1.807, 2.05) is 0 Å². The lowest BCUT2D eigenvalue weighted by Gasteiger charge is -1.97. The summed E-state index contributed by atoms with van der Waals surface area (Å²) < 4.78 is 4.78. The van der Waals surface area contributed by atoms with E-state index in [0.29, 0.717) is 5.56 Å². The lowest BCUT2D eigenvalue weighted by Crippen LogP contribution is -2.10. The molecule has 0 bridgehead atoms. The first-order valence-corrected chi connectivity index (χ1v) is 5.94. The van der Waals surface area contributed by atoms with Crippen molar-refractivity contribution >= 4 is 23.8 Å². The molecule has 0 aliphatic rings. The number of rotatable bonds is 5. The van der Waals surface area contributed by atoms with E-state index < -0.39 is 5.91 Å². The molecular formula is C13H13N5O3. The fourth-order valence-electron chi connectivity index (χ4n) is 1.48. The molecule has 0 aliphatic heterocycles. The average Bonchev–Trinajstić information content (AvgIpc) is 2.93. The summed E-state index contributed by atoms with van der Waals surface area (Å²) in [5.74, 6) is -0.694. The number of primary amides is 1. The quantitative estimate of drug-likeness (QED) is 0.693. The smallest absolute Gasteiger partial charge is 0.336 e. The summed E-state index contributed by atoms with van der Waals surface area (Å²) in [6.07, 6.45) is 2.92. The molecule has 8 nitrogen and oxygen atoms in total. The van der Waals surface area contributed by atoms with E-state index in [1.165, 1.54) is 13.2 Å². The number of nitrogens with one attached hydrogen (secondary N) is 2. The highest BCUT2D eigenvalue weighted by Crippen LogP contribution is 2.07. The average molecular weight is 287 g/mol. The molecular weight excluding hydrogens is 274 g/mol. The Kier molecular flexibility index (Phi) is 4.30. The molecule has 0 saturated carbocycles. The summed E-state index contributed by atoms with van der Waals surface area (Å²) in [7, 11) is 1.42. The van der Waals surface area contributed by atoms with Gasteiger partial charge in [0.2, 0.25) is 11.9 Å². The van der Waals surface area contributed by atoms with Gasteiger partial charge in [0.1, 0.15) is 0 Å². The molecule has 4 N–H and O–H groups in total. The van der Waals surface area contributed by atoms with E-state index in [1.54, 1.807) is 30.3 Å². The van der Waals surface area contributed by atoms with Crippen LogP contribution in [0.2, 0.25) is 0 Å². The van der Waals surface area contributed by atoms with E-state index in [0.717, 1.165) is 5.56 Å². The summed E-state index contributed by atoms with van der Waals surface area (Å²) in [5, 5.41) is 8.68. The highest BCUT2D eigenvalue weighted by molar-refractivity contribution is 6.01. The Labute approximate surface area is 120 Å². The molecule has 0 saturated heterocycles. The fraction of sp³-hybridized carbons (Fsp3) is 0.0769. The van der Waals surface area contributed by atoms with Gasteiger partial charge in [-0.15, -0.1) is 5.10 Å². The number of aromatic nitrogens is 3. The number of nitrogens with zero attached hydrogens (tertiary/aromatic N) is 2. The summed E-state index contributed by atoms with van der Waals surface area (Å²) in [4.78, 5) is 26.4. The van der Waals surface area contributed by atoms with Gasteiger partial charge in [-0.2, -0.15) is 4.98 Å². The molecule has 0 aliphatic carbocycles. The number of benzene rings is 1. The first-order valence-electron chi connectivity index (χ1n) is 5.94. The van der Waals surface area contributed by atoms with Gasteiger partial charge in [0.15, 0.2) is 0 Å². The van der Waals surface area contributed by atoms with Crippen LogP contribution in [0.5, 0.6) is 6.01 Å². The number of hydrogen-bond donors (Lipinski definition) is 3. The van der Waals surface area contributed by atoms with Gasteiger partial charge in [0, 0.05) is 11.6 Å². The van der Waals surface area contributed by atoms with Gasteiger partial charge in [-0.1, -0.05) is 12.1 Å². The van der Waals surface area contributed by atoms with Gasteiger partial charge < -0.3 is 10.5 Å². The summed E-state index contributed by atoms with van der Waals surface area (Å²) in [5.41, 5.74) is 6.30. The molecule has 0 atom stereocenters. The van der Waals surface area contributed by atoms with Crippen LogP contribution in [0.25, 0.3) is 6.08 Å². The van der Waals surface area contributed by atoms with Crippen molar-refractivity contribution in [1.29, 1.82) is 0 Å². The molecule has 0 spiro atoms. The fourth-order valence-corrected chi connectivity index (χ4v) is 1.48. The number of carbonyl (C=O) groups is 2. The van der Waals surface area contributed by atoms with Crippen molar-refractivity contribution in [2.45, 2.75) is 0 Å². The first kappa shape index (κ1) is 14.3. The number of H-pyrrole nitrogens is 1. The zero-order chi connectivity index (χ0) is 15.2. The van der Waals surface area contributed by atoms with Crippen molar-refractivity contribution in [3.63, 3.8) is 0 Å². The molecule has 21 heavy (non-hydrogen) atoms. The SMILES string of the molecule is COc1n[nH]c(NC(=O)/C=C/c2ccc(C(N)=O)cc2)n1. The minimum absolute atomic E-state index is 0.135. The topological polar surface area (TPSA) is 123 Å². The maximum Gasteiger partial charge on any atom is 0.336 e. The first-order chi connectivity index (χ1) is 10.1. The lowest BCUT2D eigenvalue weighted by atomic mass is 10.1. The molecule has 0 fully saturated rings. The summed E-state index contributed by atoms with van der Waals surface area (Å²) in [6.45, 7) is 0. The third kappa shape index (κ3) is 3.90. The normalized spacial score (nSPS) is 10.5. The third-order valence-corrected chi connectivity index (χ3v) is 2.51. The Bertz CT molecular complexity index is 675. The van der Waals surface area contributed by atoms with Crippen LogP contribution >= 0.6 is 0 Å². The minimum atomic E-state index is -0.498. The number of anilines is 1. The number of ether oxygens (including phenoxy) is 1. The molecule has 2 rings (SSSR count). The van der Waals surface area contributed by atoms with Crippen molar-refractivity contribution in [3.8, 4) is 6.01 Å². The Morgan fingerprint density at radius 2 is 2.05 bits per heavy atom. The van der Waals surface area contributed by atoms with Gasteiger partial charge in [-0.3, -0.25) is 14.9 Å². The van der Waals surface area contributed by atoms with Crippen LogP contribution in [0.15, 0.2) is 30.3 Å². The van der Waals surface area contributed by atoms with E-state index in [9.17, 15) is 9.59 Å². The van der Waals surface area contributed by atoms with Gasteiger partial charge >= 0.3 is 6.01 Å². The highest BCUT2D eigenvalue weighted by atomic mass is 16.5. The summed E-state index contributed by atoms with van der Waals surface area (Å²) in [6, 6.07) is 6.67. The number of carbonyl (C=O) groups excluding carboxylic acids is 2. The van der Waals surface area contributed by atoms with Crippen LogP contribution in [0.4, 0.5) is 5.95 Å². The molecule has 1 aromatic heterocycles. The van der Waals surface area contributed by atoms with E-state index >= 15 is 0 Å². The van der Waals surface area contributed by atoms with Gasteiger partial charge in [0.05, 0.1) is 7.11 Å². The number of amides is 2. The van der Waals surface area contributed by atoms with Gasteiger partial charge in [0.25, 0.3) is 5.91 Å². The standard InChI is InChI=1S/C13H13N5O3/c1-21-13-16-12(17-18-13)15-10(19)7-4-8-2-5-9(6-3-8)11(14)20/h2-7H,1H3,(H2,14,20)(H2,15,16,17,18,19)/b7-4+. The Hall–Kier alpha value is -3.16. The van der Waals surface area contributed by atoms with Gasteiger partial charge in [-0.25, -0.2) is 5.10 Å². The second-order valence-electron chi connectivity index (χ2n) is 3.98. The lowest BCUT2D eigenvalue weighted by molar-refractivity contribution is -0.111. The maximum absolute atomic E-state index is 11.7. The second kappa shape index (κ2) is 6.33. The predicted octanol–water partition coefficient (Wildman–Crippen LogP) is 0.564. The second-order valence-corrected chi connectivity index (χ2v) is 3.98. The molecule has 1 heterocycles. The van der Waals surface area contributed by atoms with E-state index in [2.05, 4.69) is 20.5 Å². The van der Waals surface area contributed by atoms with Crippen molar-refractivity contribution < 1.29 is 14.3 Å². The molecule has 8 heteroatoms. The third-order valence-electron chi connectivity index (χ3n) is 2.51. The van der Waals surface area contributed by atoms with Gasteiger partial charge in [-0.05, 0) is 23.8 Å². The van der Waals surface area contributed by atoms with Crippen molar-refractivity contribution in [1.82, 2.24) is 15.2 Å². The summed E-state index contributed by atoms with van der Waals surface area (Å²) >= 11 is 0. The largest absolute Gasteiger partial charge is 0.466 e. The Morgan fingerprint density at radius 1 is 1.33 bits per heavy atom. The highest BCUT2D eigenvalue weighted by Gasteiger charge is 2.04. The van der Waals surface area contributed by atoms with Crippen LogP contribution in [-0.4, -0.2) is 34.1 Å². The maximum atomic E-state index is 11.7. The molecule has 108 valence electrons. The van der Waals surface area contributed by atoms with Crippen LogP contribution in [0, 0.1) is 0 Å². The molecule has 1 aromatic carbocycles. The zero-order valence-corrected chi connectivity index (χ0v) is 11.2. The molecule has 2 amide bonds. The zero-order valence-electron chi connectivity index (χ0n) is 11.2. The molecule has 0 radical (unpaired) electrons. The van der Waals surface area contributed by atoms with Crippen molar-refractivity contribution in [2.24, 2.45) is 5.73 Å². The number of methoxy groups -OCH3 is 1. The van der Waals surface area contributed by atoms with Crippen LogP contribution < -0.4 is 15.8 Å². The molecule has 2 aromatic rings. The molecule has 0 unspecified atom stereocenters. The minimum Gasteiger partial charge on any atom is -0.466 e. The Balaban J connectivity index is 1.96. The predicted molar refractivity (Wildman–Crippen MR) is 75.6 cm³/mol. The van der Waals surface area contributed by atoms with Crippen molar-refractivity contribution in [3.05, 3.63) is 41.5 Å². The Morgan fingerprint density at radius 3 is 2.62 bits per heavy atom. The van der Waals surface area contributed by atoms with E-state index in [-0.39, 0.29) is 17.9 Å².